The molecule has 0 heterocycles. The molecular weight excluding hydrogens is 122 g/mol. The first-order chi connectivity index (χ1) is 4.31. The van der Waals surface area contributed by atoms with E-state index in [0.29, 0.717) is 0 Å². The molecule has 4 heteroatoms. The molecule has 0 aliphatic heterocycles. The molecule has 0 atom stereocenters. The van der Waals surface area contributed by atoms with Gasteiger partial charge >= 0.3 is 5.97 Å². The fourth-order valence-corrected chi connectivity index (χ4v) is 0.355. The third-order valence-electron chi connectivity index (χ3n) is 0.675. The number of aliphatic hydroxyl groups excluding tert-OH is 1. The summed E-state index contributed by atoms with van der Waals surface area (Å²) in [6.07, 6.45) is 0. The van der Waals surface area contributed by atoms with Gasteiger partial charge in [0, 0.05) is 0 Å². The van der Waals surface area contributed by atoms with E-state index >= 15 is 0 Å². The van der Waals surface area contributed by atoms with Crippen molar-refractivity contribution in [1.29, 1.82) is 0 Å². The molecule has 0 radical (unpaired) electrons. The molecule has 0 fully saturated rings. The van der Waals surface area contributed by atoms with E-state index in [4.69, 9.17) is 5.11 Å². The zero-order chi connectivity index (χ0) is 7.11. The highest BCUT2D eigenvalue weighted by Gasteiger charge is 1.96. The first-order valence-electron chi connectivity index (χ1n) is 2.72. The summed E-state index contributed by atoms with van der Waals surface area (Å²) in [4.78, 5) is 10.4. The van der Waals surface area contributed by atoms with Gasteiger partial charge in [-0.25, -0.2) is 0 Å². The summed E-state index contributed by atoms with van der Waals surface area (Å²) in [5, 5.41) is 10.8. The van der Waals surface area contributed by atoms with Crippen molar-refractivity contribution in [3.8, 4) is 0 Å². The van der Waals surface area contributed by atoms with Gasteiger partial charge in [0.1, 0.15) is 6.61 Å². The second-order valence-electron chi connectivity index (χ2n) is 1.47. The molecule has 0 aromatic heterocycles. The van der Waals surface area contributed by atoms with Crippen LogP contribution in [0, 0.1) is 0 Å². The predicted octanol–water partition coefficient (Wildman–Crippen LogP) is -1.26. The summed E-state index contributed by atoms with van der Waals surface area (Å²) in [5.74, 6) is -0.341. The van der Waals surface area contributed by atoms with Crippen LogP contribution in [-0.2, 0) is 9.53 Å². The zero-order valence-electron chi connectivity index (χ0n) is 5.39. The fourth-order valence-electron chi connectivity index (χ4n) is 0.355. The van der Waals surface area contributed by atoms with Crippen LogP contribution in [-0.4, -0.2) is 37.9 Å². The number of carbonyl (C=O) groups excluding carboxylic acids is 1. The highest BCUT2D eigenvalue weighted by atomic mass is 16.5. The Morgan fingerprint density at radius 1 is 1.78 bits per heavy atom. The smallest absolute Gasteiger partial charge is 0.319 e. The van der Waals surface area contributed by atoms with Crippen LogP contribution in [0.3, 0.4) is 0 Å². The van der Waals surface area contributed by atoms with E-state index in [1.807, 2.05) is 0 Å². The van der Waals surface area contributed by atoms with Crippen LogP contribution in [0.2, 0.25) is 0 Å². The Morgan fingerprint density at radius 2 is 2.44 bits per heavy atom. The Hall–Kier alpha value is -0.610. The summed E-state index contributed by atoms with van der Waals surface area (Å²) in [7, 11) is 1.65. The van der Waals surface area contributed by atoms with Crippen molar-refractivity contribution in [3.05, 3.63) is 0 Å². The maximum absolute atomic E-state index is 10.4. The number of aliphatic hydroxyl groups is 1. The Balaban J connectivity index is 3.06. The van der Waals surface area contributed by atoms with Crippen molar-refractivity contribution >= 4 is 5.97 Å². The van der Waals surface area contributed by atoms with Crippen LogP contribution >= 0.6 is 0 Å². The van der Waals surface area contributed by atoms with Gasteiger partial charge in [-0.2, -0.15) is 0 Å². The van der Waals surface area contributed by atoms with E-state index in [1.54, 1.807) is 7.05 Å². The minimum atomic E-state index is -0.341. The van der Waals surface area contributed by atoms with Gasteiger partial charge in [0.05, 0.1) is 13.2 Å². The summed E-state index contributed by atoms with van der Waals surface area (Å²) in [6, 6.07) is 0. The largest absolute Gasteiger partial charge is 0.462 e. The lowest BCUT2D eigenvalue weighted by atomic mass is 10.6. The number of carbonyl (C=O) groups is 1. The average Bonchev–Trinajstić information content (AvgIpc) is 1.85. The fraction of sp³-hybridized carbons (Fsp3) is 0.800. The molecule has 0 saturated heterocycles. The normalized spacial score (nSPS) is 9.11. The molecule has 0 aliphatic carbocycles. The van der Waals surface area contributed by atoms with Crippen LogP contribution in [0.5, 0.6) is 0 Å². The molecule has 9 heavy (non-hydrogen) atoms. The molecule has 0 aromatic rings. The standard InChI is InChI=1S/C5H11NO3/c1-6-4-5(8)9-3-2-7/h6-7H,2-4H2,1H3. The number of esters is 1. The highest BCUT2D eigenvalue weighted by molar-refractivity contribution is 5.71. The summed E-state index contributed by atoms with van der Waals surface area (Å²) >= 11 is 0. The number of likely N-dealkylation sites (N-methyl/N-ethyl adjacent to an activating group) is 1. The van der Waals surface area contributed by atoms with Gasteiger partial charge < -0.3 is 15.2 Å². The maximum atomic E-state index is 10.4. The van der Waals surface area contributed by atoms with Crippen LogP contribution in [0.25, 0.3) is 0 Å². The molecule has 2 N–H and O–H groups in total. The minimum Gasteiger partial charge on any atom is -0.462 e. The van der Waals surface area contributed by atoms with Crippen LogP contribution in [0.15, 0.2) is 0 Å². The maximum Gasteiger partial charge on any atom is 0.319 e. The molecule has 0 aliphatic rings. The number of nitrogens with one attached hydrogen (secondary N) is 1. The van der Waals surface area contributed by atoms with E-state index in [2.05, 4.69) is 10.1 Å². The molecule has 0 unspecified atom stereocenters. The molecule has 0 aromatic carbocycles. The number of ether oxygens (including phenoxy) is 1. The van der Waals surface area contributed by atoms with Gasteiger partial charge in [0.2, 0.25) is 0 Å². The first-order valence-corrected chi connectivity index (χ1v) is 2.72. The molecular formula is C5H11NO3. The number of hydrogen-bond acceptors (Lipinski definition) is 4. The van der Waals surface area contributed by atoms with E-state index in [-0.39, 0.29) is 25.7 Å². The topological polar surface area (TPSA) is 58.6 Å². The second-order valence-corrected chi connectivity index (χ2v) is 1.47. The highest BCUT2D eigenvalue weighted by Crippen LogP contribution is 1.73. The lowest BCUT2D eigenvalue weighted by molar-refractivity contribution is -0.143. The molecule has 0 bridgehead atoms. The van der Waals surface area contributed by atoms with Crippen molar-refractivity contribution in [2.75, 3.05) is 26.8 Å². The van der Waals surface area contributed by atoms with Crippen LogP contribution in [0.4, 0.5) is 0 Å². The van der Waals surface area contributed by atoms with Gasteiger partial charge in [-0.05, 0) is 7.05 Å². The second kappa shape index (κ2) is 5.53. The summed E-state index contributed by atoms with van der Waals surface area (Å²) in [6.45, 7) is 0.163. The third kappa shape index (κ3) is 5.26. The van der Waals surface area contributed by atoms with Gasteiger partial charge in [0.15, 0.2) is 0 Å². The lowest BCUT2D eigenvalue weighted by Crippen LogP contribution is -2.21. The van der Waals surface area contributed by atoms with Crippen molar-refractivity contribution in [1.82, 2.24) is 5.32 Å². The van der Waals surface area contributed by atoms with Crippen molar-refractivity contribution < 1.29 is 14.6 Å². The molecule has 0 amide bonds. The minimum absolute atomic E-state index is 0.0838. The molecule has 0 rings (SSSR count). The predicted molar refractivity (Wildman–Crippen MR) is 32.0 cm³/mol. The van der Waals surface area contributed by atoms with Gasteiger partial charge in [-0.15, -0.1) is 0 Å². The average molecular weight is 133 g/mol. The Labute approximate surface area is 53.8 Å². The van der Waals surface area contributed by atoms with E-state index < -0.39 is 0 Å². The molecule has 4 nitrogen and oxygen atoms in total. The van der Waals surface area contributed by atoms with Crippen molar-refractivity contribution in [2.45, 2.75) is 0 Å². The quantitative estimate of drug-likeness (QED) is 0.470. The number of rotatable bonds is 4. The molecule has 54 valence electrons. The monoisotopic (exact) mass is 133 g/mol. The van der Waals surface area contributed by atoms with Crippen molar-refractivity contribution in [3.63, 3.8) is 0 Å². The summed E-state index contributed by atoms with van der Waals surface area (Å²) in [5.41, 5.74) is 0. The van der Waals surface area contributed by atoms with Gasteiger partial charge in [-0.1, -0.05) is 0 Å². The van der Waals surface area contributed by atoms with Crippen LogP contribution in [0.1, 0.15) is 0 Å². The van der Waals surface area contributed by atoms with Gasteiger partial charge in [-0.3, -0.25) is 4.79 Å². The van der Waals surface area contributed by atoms with E-state index in [9.17, 15) is 4.79 Å². The first kappa shape index (κ1) is 8.39. The Bertz CT molecular complexity index is 84.3. The molecule has 0 spiro atoms. The van der Waals surface area contributed by atoms with Crippen LogP contribution < -0.4 is 5.32 Å². The zero-order valence-corrected chi connectivity index (χ0v) is 5.39. The summed E-state index contributed by atoms with van der Waals surface area (Å²) < 4.78 is 4.48. The Kier molecular flexibility index (Phi) is 5.15. The van der Waals surface area contributed by atoms with E-state index in [0.717, 1.165) is 0 Å². The van der Waals surface area contributed by atoms with Gasteiger partial charge in [0.25, 0.3) is 0 Å². The molecule has 0 saturated carbocycles. The SMILES string of the molecule is CNCC(=O)OCCO. The Morgan fingerprint density at radius 3 is 2.89 bits per heavy atom. The van der Waals surface area contributed by atoms with Crippen molar-refractivity contribution in [2.24, 2.45) is 0 Å². The number of hydrogen-bond donors (Lipinski definition) is 2. The third-order valence-corrected chi connectivity index (χ3v) is 0.675. The lowest BCUT2D eigenvalue weighted by Gasteiger charge is -1.99. The van der Waals surface area contributed by atoms with E-state index in [1.165, 1.54) is 0 Å².